The number of hydrogen-bond donors (Lipinski definition) is 1. The number of amides is 1. The summed E-state index contributed by atoms with van der Waals surface area (Å²) in [7, 11) is 0. The highest BCUT2D eigenvalue weighted by Gasteiger charge is 2.15. The summed E-state index contributed by atoms with van der Waals surface area (Å²) in [5.41, 5.74) is -0.119. The molecular weight excluding hydrogens is 210 g/mol. The third kappa shape index (κ3) is 9.86. The maximum Gasteiger partial charge on any atom is 0.244 e. The molecule has 0 unspecified atom stereocenters. The molecule has 0 heterocycles. The van der Waals surface area contributed by atoms with Crippen LogP contribution in [0.5, 0.6) is 0 Å². The van der Waals surface area contributed by atoms with E-state index >= 15 is 0 Å². The van der Waals surface area contributed by atoms with Crippen molar-refractivity contribution >= 4 is 5.91 Å². The third-order valence-electron chi connectivity index (χ3n) is 2.81. The highest BCUT2D eigenvalue weighted by atomic mass is 16.1. The topological polar surface area (TPSA) is 29.1 Å². The van der Waals surface area contributed by atoms with Gasteiger partial charge < -0.3 is 5.32 Å². The fourth-order valence-electron chi connectivity index (χ4n) is 1.29. The molecular formula is C15H27NO. The summed E-state index contributed by atoms with van der Waals surface area (Å²) in [4.78, 5) is 11.5. The second-order valence-corrected chi connectivity index (χ2v) is 5.01. The second-order valence-electron chi connectivity index (χ2n) is 5.01. The van der Waals surface area contributed by atoms with E-state index in [1.807, 2.05) is 26.0 Å². The van der Waals surface area contributed by atoms with Gasteiger partial charge in [0, 0.05) is 11.6 Å². The van der Waals surface area contributed by atoms with Crippen LogP contribution in [0.4, 0.5) is 0 Å². The van der Waals surface area contributed by atoms with Crippen LogP contribution < -0.4 is 5.32 Å². The number of hydrogen-bond acceptors (Lipinski definition) is 1. The zero-order valence-corrected chi connectivity index (χ0v) is 11.8. The van der Waals surface area contributed by atoms with Crippen LogP contribution in [0.3, 0.4) is 0 Å². The Kier molecular flexibility index (Phi) is 8.47. The predicted octanol–water partition coefficient (Wildman–Crippen LogP) is 3.98. The molecule has 0 saturated heterocycles. The first kappa shape index (κ1) is 16.0. The minimum Gasteiger partial charge on any atom is -0.348 e. The van der Waals surface area contributed by atoms with Gasteiger partial charge in [0.05, 0.1) is 0 Å². The van der Waals surface area contributed by atoms with Crippen LogP contribution in [-0.2, 0) is 4.79 Å². The van der Waals surface area contributed by atoms with Crippen molar-refractivity contribution in [3.8, 4) is 0 Å². The van der Waals surface area contributed by atoms with Gasteiger partial charge in [0.15, 0.2) is 0 Å². The molecule has 0 fully saturated rings. The van der Waals surface area contributed by atoms with E-state index in [4.69, 9.17) is 0 Å². The Balaban J connectivity index is 3.81. The van der Waals surface area contributed by atoms with Crippen molar-refractivity contribution in [2.75, 3.05) is 0 Å². The van der Waals surface area contributed by atoms with Gasteiger partial charge in [-0.25, -0.2) is 0 Å². The number of allylic oxidation sites excluding steroid dienone is 3. The zero-order chi connectivity index (χ0) is 13.1. The summed E-state index contributed by atoms with van der Waals surface area (Å²) >= 11 is 0. The molecule has 0 saturated carbocycles. The van der Waals surface area contributed by atoms with Crippen LogP contribution in [0.25, 0.3) is 0 Å². The average Bonchev–Trinajstić information content (AvgIpc) is 2.27. The lowest BCUT2D eigenvalue weighted by molar-refractivity contribution is -0.118. The number of nitrogens with one attached hydrogen (secondary N) is 1. The Labute approximate surface area is 106 Å². The summed E-state index contributed by atoms with van der Waals surface area (Å²) in [5, 5.41) is 2.96. The van der Waals surface area contributed by atoms with Crippen LogP contribution in [0, 0.1) is 0 Å². The van der Waals surface area contributed by atoms with E-state index in [9.17, 15) is 4.79 Å². The Morgan fingerprint density at radius 3 is 2.47 bits per heavy atom. The molecule has 0 aromatic heterocycles. The molecule has 0 aliphatic rings. The van der Waals surface area contributed by atoms with Crippen molar-refractivity contribution in [3.63, 3.8) is 0 Å². The monoisotopic (exact) mass is 237 g/mol. The number of unbranched alkanes of at least 4 members (excludes halogenated alkanes) is 3. The molecule has 0 aliphatic carbocycles. The van der Waals surface area contributed by atoms with Gasteiger partial charge in [0.2, 0.25) is 5.91 Å². The maximum absolute atomic E-state index is 11.5. The van der Waals surface area contributed by atoms with Crippen molar-refractivity contribution in [2.45, 2.75) is 65.3 Å². The third-order valence-corrected chi connectivity index (χ3v) is 2.81. The summed E-state index contributed by atoms with van der Waals surface area (Å²) in [5.74, 6) is -0.0185. The Morgan fingerprint density at radius 1 is 1.18 bits per heavy atom. The van der Waals surface area contributed by atoms with Crippen LogP contribution in [0.1, 0.15) is 59.8 Å². The molecule has 98 valence electrons. The van der Waals surface area contributed by atoms with E-state index in [0.717, 1.165) is 12.8 Å². The number of carbonyl (C=O) groups is 1. The Hall–Kier alpha value is -1.05. The Bertz CT molecular complexity index is 264. The SMILES string of the molecule is CCCCC/C=C/C=C/C(=O)NC(C)(C)CC. The van der Waals surface area contributed by atoms with Crippen molar-refractivity contribution in [3.05, 3.63) is 24.3 Å². The van der Waals surface area contributed by atoms with E-state index < -0.39 is 0 Å². The van der Waals surface area contributed by atoms with E-state index in [-0.39, 0.29) is 11.4 Å². The van der Waals surface area contributed by atoms with Gasteiger partial charge in [-0.1, -0.05) is 44.9 Å². The molecule has 0 aliphatic heterocycles. The lowest BCUT2D eigenvalue weighted by Crippen LogP contribution is -2.41. The maximum atomic E-state index is 11.5. The van der Waals surface area contributed by atoms with Crippen molar-refractivity contribution in [2.24, 2.45) is 0 Å². The van der Waals surface area contributed by atoms with Crippen LogP contribution in [0.2, 0.25) is 0 Å². The second kappa shape index (κ2) is 9.03. The minimum atomic E-state index is -0.119. The average molecular weight is 237 g/mol. The van der Waals surface area contributed by atoms with Crippen molar-refractivity contribution in [1.82, 2.24) is 5.32 Å². The summed E-state index contributed by atoms with van der Waals surface area (Å²) in [6.45, 7) is 8.32. The van der Waals surface area contributed by atoms with Crippen LogP contribution in [-0.4, -0.2) is 11.4 Å². The molecule has 0 spiro atoms. The molecule has 0 radical (unpaired) electrons. The molecule has 1 N–H and O–H groups in total. The van der Waals surface area contributed by atoms with Gasteiger partial charge in [-0.15, -0.1) is 0 Å². The molecule has 17 heavy (non-hydrogen) atoms. The summed E-state index contributed by atoms with van der Waals surface area (Å²) in [6, 6.07) is 0. The fourth-order valence-corrected chi connectivity index (χ4v) is 1.29. The Morgan fingerprint density at radius 2 is 1.88 bits per heavy atom. The molecule has 0 rings (SSSR count). The van der Waals surface area contributed by atoms with E-state index in [0.29, 0.717) is 0 Å². The summed E-state index contributed by atoms with van der Waals surface area (Å²) in [6.07, 6.45) is 13.3. The molecule has 2 heteroatoms. The largest absolute Gasteiger partial charge is 0.348 e. The lowest BCUT2D eigenvalue weighted by Gasteiger charge is -2.23. The van der Waals surface area contributed by atoms with Gasteiger partial charge in [-0.3, -0.25) is 4.79 Å². The highest BCUT2D eigenvalue weighted by molar-refractivity contribution is 5.88. The minimum absolute atomic E-state index is 0.0185. The first-order chi connectivity index (χ1) is 8.02. The molecule has 0 bridgehead atoms. The summed E-state index contributed by atoms with van der Waals surface area (Å²) < 4.78 is 0. The predicted molar refractivity (Wildman–Crippen MR) is 74.9 cm³/mol. The van der Waals surface area contributed by atoms with E-state index in [1.165, 1.54) is 19.3 Å². The van der Waals surface area contributed by atoms with Crippen molar-refractivity contribution < 1.29 is 4.79 Å². The first-order valence-corrected chi connectivity index (χ1v) is 6.67. The first-order valence-electron chi connectivity index (χ1n) is 6.67. The number of carbonyl (C=O) groups excluding carboxylic acids is 1. The smallest absolute Gasteiger partial charge is 0.244 e. The number of rotatable bonds is 8. The van der Waals surface area contributed by atoms with Crippen LogP contribution in [0.15, 0.2) is 24.3 Å². The molecule has 0 atom stereocenters. The lowest BCUT2D eigenvalue weighted by atomic mass is 10.0. The van der Waals surface area contributed by atoms with Crippen molar-refractivity contribution in [1.29, 1.82) is 0 Å². The standard InChI is InChI=1S/C15H27NO/c1-5-7-8-9-10-11-12-13-14(17)16-15(3,4)6-2/h10-13H,5-9H2,1-4H3,(H,16,17)/b11-10+,13-12+. The van der Waals surface area contributed by atoms with Gasteiger partial charge in [0.25, 0.3) is 0 Å². The van der Waals surface area contributed by atoms with E-state index in [1.54, 1.807) is 6.08 Å². The molecule has 0 aromatic carbocycles. The van der Waals surface area contributed by atoms with Gasteiger partial charge in [-0.2, -0.15) is 0 Å². The van der Waals surface area contributed by atoms with Gasteiger partial charge in [0.1, 0.15) is 0 Å². The van der Waals surface area contributed by atoms with E-state index in [2.05, 4.69) is 25.2 Å². The molecule has 2 nitrogen and oxygen atoms in total. The normalized spacial score (nSPS) is 12.5. The van der Waals surface area contributed by atoms with Gasteiger partial charge >= 0.3 is 0 Å². The zero-order valence-electron chi connectivity index (χ0n) is 11.8. The molecule has 0 aromatic rings. The van der Waals surface area contributed by atoms with Crippen LogP contribution >= 0.6 is 0 Å². The quantitative estimate of drug-likeness (QED) is 0.386. The van der Waals surface area contributed by atoms with Gasteiger partial charge in [-0.05, 0) is 33.1 Å². The molecule has 1 amide bonds. The fraction of sp³-hybridized carbons (Fsp3) is 0.667. The highest BCUT2D eigenvalue weighted by Crippen LogP contribution is 2.06.